The number of nitrogens with one attached hydrogen (secondary N) is 1. The largest absolute Gasteiger partial charge is 0.382 e. The van der Waals surface area contributed by atoms with Crippen LogP contribution in [0.4, 0.5) is 0 Å². The van der Waals surface area contributed by atoms with Gasteiger partial charge in [0, 0.05) is 19.8 Å². The second kappa shape index (κ2) is 8.73. The predicted molar refractivity (Wildman–Crippen MR) is 75.9 cm³/mol. The molecule has 1 atom stereocenters. The van der Waals surface area contributed by atoms with E-state index in [9.17, 15) is 4.79 Å². The summed E-state index contributed by atoms with van der Waals surface area (Å²) < 4.78 is 5.36. The Morgan fingerprint density at radius 1 is 1.44 bits per heavy atom. The molecule has 0 aromatic carbocycles. The van der Waals surface area contributed by atoms with Crippen molar-refractivity contribution < 1.29 is 9.53 Å². The lowest BCUT2D eigenvalue weighted by Gasteiger charge is -2.17. The topological polar surface area (TPSA) is 64.4 Å². The molecule has 4 nitrogen and oxygen atoms in total. The van der Waals surface area contributed by atoms with Crippen molar-refractivity contribution >= 4 is 18.3 Å². The first kappa shape index (κ1) is 17.7. The summed E-state index contributed by atoms with van der Waals surface area (Å²) >= 11 is 0. The number of hydrogen-bond acceptors (Lipinski definition) is 3. The summed E-state index contributed by atoms with van der Waals surface area (Å²) in [7, 11) is 0. The molecule has 3 N–H and O–H groups in total. The van der Waals surface area contributed by atoms with Gasteiger partial charge in [-0.1, -0.05) is 13.3 Å². The second-order valence-electron chi connectivity index (χ2n) is 5.06. The van der Waals surface area contributed by atoms with Gasteiger partial charge in [-0.15, -0.1) is 12.4 Å². The van der Waals surface area contributed by atoms with Gasteiger partial charge in [0.05, 0.1) is 6.04 Å². The van der Waals surface area contributed by atoms with Crippen molar-refractivity contribution in [2.45, 2.75) is 52.0 Å². The second-order valence-corrected chi connectivity index (χ2v) is 5.06. The fraction of sp³-hybridized carbons (Fsp3) is 0.923. The third-order valence-electron chi connectivity index (χ3n) is 3.51. The van der Waals surface area contributed by atoms with Gasteiger partial charge in [-0.3, -0.25) is 4.79 Å². The van der Waals surface area contributed by atoms with E-state index in [0.29, 0.717) is 5.41 Å². The fourth-order valence-corrected chi connectivity index (χ4v) is 1.97. The molecular weight excluding hydrogens is 252 g/mol. The number of hydrogen-bond donors (Lipinski definition) is 2. The van der Waals surface area contributed by atoms with Gasteiger partial charge in [0.2, 0.25) is 5.91 Å². The summed E-state index contributed by atoms with van der Waals surface area (Å²) in [5, 5.41) is 2.98. The highest BCUT2D eigenvalue weighted by Gasteiger charge is 2.42. The molecule has 1 aliphatic carbocycles. The lowest BCUT2D eigenvalue weighted by Crippen LogP contribution is -2.42. The van der Waals surface area contributed by atoms with Crippen LogP contribution in [0, 0.1) is 5.41 Å². The maximum atomic E-state index is 11.7. The molecule has 0 spiro atoms. The summed E-state index contributed by atoms with van der Waals surface area (Å²) in [4.78, 5) is 11.7. The van der Waals surface area contributed by atoms with E-state index in [4.69, 9.17) is 10.5 Å². The van der Waals surface area contributed by atoms with Crippen LogP contribution in [0.15, 0.2) is 0 Å². The Morgan fingerprint density at radius 2 is 2.11 bits per heavy atom. The lowest BCUT2D eigenvalue weighted by atomic mass is 10.0. The van der Waals surface area contributed by atoms with Crippen LogP contribution < -0.4 is 11.1 Å². The van der Waals surface area contributed by atoms with E-state index >= 15 is 0 Å². The fourth-order valence-electron chi connectivity index (χ4n) is 1.97. The van der Waals surface area contributed by atoms with Crippen LogP contribution in [0.2, 0.25) is 0 Å². The number of carbonyl (C=O) groups excluding carboxylic acids is 1. The average Bonchev–Trinajstić information content (AvgIpc) is 3.07. The van der Waals surface area contributed by atoms with Crippen molar-refractivity contribution in [3.05, 3.63) is 0 Å². The van der Waals surface area contributed by atoms with Crippen LogP contribution in [-0.4, -0.2) is 31.7 Å². The zero-order valence-electron chi connectivity index (χ0n) is 11.5. The van der Waals surface area contributed by atoms with Crippen molar-refractivity contribution in [1.29, 1.82) is 0 Å². The van der Waals surface area contributed by atoms with E-state index in [-0.39, 0.29) is 24.4 Å². The molecule has 18 heavy (non-hydrogen) atoms. The van der Waals surface area contributed by atoms with E-state index in [2.05, 4.69) is 5.32 Å². The first-order valence-electron chi connectivity index (χ1n) is 6.74. The molecule has 0 aromatic rings. The Labute approximate surface area is 116 Å². The Kier molecular flexibility index (Phi) is 8.57. The monoisotopic (exact) mass is 278 g/mol. The van der Waals surface area contributed by atoms with Gasteiger partial charge in [0.25, 0.3) is 0 Å². The molecule has 1 rings (SSSR count). The standard InChI is InChI=1S/C13H26N2O2.ClH/c1-3-5-11(14)12(16)15-10-13(6-7-13)8-9-17-4-2;/h11H,3-10,14H2,1-2H3,(H,15,16);1H. The summed E-state index contributed by atoms with van der Waals surface area (Å²) in [6.07, 6.45) is 5.15. The van der Waals surface area contributed by atoms with Gasteiger partial charge in [-0.2, -0.15) is 0 Å². The third-order valence-corrected chi connectivity index (χ3v) is 3.51. The molecule has 108 valence electrons. The third kappa shape index (κ3) is 6.03. The maximum Gasteiger partial charge on any atom is 0.236 e. The average molecular weight is 279 g/mol. The molecule has 0 radical (unpaired) electrons. The highest BCUT2D eigenvalue weighted by atomic mass is 35.5. The molecule has 1 fully saturated rings. The van der Waals surface area contributed by atoms with Gasteiger partial charge in [0.15, 0.2) is 0 Å². The zero-order valence-corrected chi connectivity index (χ0v) is 12.4. The number of rotatable bonds is 9. The molecule has 0 aromatic heterocycles. The number of nitrogens with two attached hydrogens (primary N) is 1. The van der Waals surface area contributed by atoms with Crippen molar-refractivity contribution in [2.24, 2.45) is 11.1 Å². The minimum atomic E-state index is -0.345. The Hall–Kier alpha value is -0.320. The molecule has 0 bridgehead atoms. The van der Waals surface area contributed by atoms with Crippen LogP contribution in [0.1, 0.15) is 46.0 Å². The van der Waals surface area contributed by atoms with Gasteiger partial charge in [0.1, 0.15) is 0 Å². The molecule has 0 saturated heterocycles. The number of amides is 1. The normalized spacial score (nSPS) is 17.7. The Balaban J connectivity index is 0.00000289. The molecule has 0 heterocycles. The van der Waals surface area contributed by atoms with Crippen molar-refractivity contribution in [3.63, 3.8) is 0 Å². The lowest BCUT2D eigenvalue weighted by molar-refractivity contribution is -0.122. The van der Waals surface area contributed by atoms with E-state index in [1.165, 1.54) is 12.8 Å². The van der Waals surface area contributed by atoms with Gasteiger partial charge < -0.3 is 15.8 Å². The predicted octanol–water partition coefficient (Wildman–Crippen LogP) is 1.86. The van der Waals surface area contributed by atoms with Crippen molar-refractivity contribution in [1.82, 2.24) is 5.32 Å². The minimum Gasteiger partial charge on any atom is -0.382 e. The summed E-state index contributed by atoms with van der Waals surface area (Å²) in [6.45, 7) is 6.37. The van der Waals surface area contributed by atoms with E-state index < -0.39 is 0 Å². The van der Waals surface area contributed by atoms with E-state index in [0.717, 1.165) is 39.0 Å². The van der Waals surface area contributed by atoms with Gasteiger partial charge in [-0.25, -0.2) is 0 Å². The minimum absolute atomic E-state index is 0. The zero-order chi connectivity index (χ0) is 12.7. The van der Waals surface area contributed by atoms with E-state index in [1.807, 2.05) is 13.8 Å². The summed E-state index contributed by atoms with van der Waals surface area (Å²) in [6, 6.07) is -0.345. The van der Waals surface area contributed by atoms with Crippen LogP contribution >= 0.6 is 12.4 Å². The van der Waals surface area contributed by atoms with Gasteiger partial charge >= 0.3 is 0 Å². The van der Waals surface area contributed by atoms with E-state index in [1.54, 1.807) is 0 Å². The highest BCUT2D eigenvalue weighted by Crippen LogP contribution is 2.48. The van der Waals surface area contributed by atoms with Crippen LogP contribution in [-0.2, 0) is 9.53 Å². The van der Waals surface area contributed by atoms with Crippen LogP contribution in [0.5, 0.6) is 0 Å². The quantitative estimate of drug-likeness (QED) is 0.633. The SMILES string of the molecule is CCCC(N)C(=O)NCC1(CCOCC)CC1.Cl. The number of carbonyl (C=O) groups is 1. The molecule has 1 aliphatic rings. The molecule has 1 amide bonds. The molecule has 1 unspecified atom stereocenters. The summed E-state index contributed by atoms with van der Waals surface area (Å²) in [5.74, 6) is -0.00506. The molecule has 1 saturated carbocycles. The molecule has 0 aliphatic heterocycles. The Morgan fingerprint density at radius 3 is 2.61 bits per heavy atom. The first-order chi connectivity index (χ1) is 8.13. The number of halogens is 1. The molecular formula is C13H27ClN2O2. The highest BCUT2D eigenvalue weighted by molar-refractivity contribution is 5.85. The van der Waals surface area contributed by atoms with Crippen molar-refractivity contribution in [2.75, 3.05) is 19.8 Å². The van der Waals surface area contributed by atoms with Crippen molar-refractivity contribution in [3.8, 4) is 0 Å². The Bertz CT molecular complexity index is 245. The smallest absolute Gasteiger partial charge is 0.236 e. The van der Waals surface area contributed by atoms with Gasteiger partial charge in [-0.05, 0) is 38.0 Å². The van der Waals surface area contributed by atoms with Crippen LogP contribution in [0.25, 0.3) is 0 Å². The number of ether oxygens (including phenoxy) is 1. The van der Waals surface area contributed by atoms with Crippen LogP contribution in [0.3, 0.4) is 0 Å². The molecule has 5 heteroatoms. The maximum absolute atomic E-state index is 11.7. The first-order valence-corrected chi connectivity index (χ1v) is 6.74. The summed E-state index contributed by atoms with van der Waals surface area (Å²) in [5.41, 5.74) is 6.06.